The third-order valence-electron chi connectivity index (χ3n) is 5.44. The first kappa shape index (κ1) is 17.0. The molecule has 0 spiro atoms. The summed E-state index contributed by atoms with van der Waals surface area (Å²) in [7, 11) is 0. The molecule has 0 aliphatic carbocycles. The van der Waals surface area contributed by atoms with Crippen LogP contribution >= 0.6 is 0 Å². The zero-order valence-corrected chi connectivity index (χ0v) is 14.5. The van der Waals surface area contributed by atoms with Crippen LogP contribution in [0.5, 0.6) is 0 Å². The number of rotatable bonds is 3. The molecule has 1 N–H and O–H groups in total. The second-order valence-electron chi connectivity index (χ2n) is 7.15. The second kappa shape index (κ2) is 6.20. The highest BCUT2D eigenvalue weighted by atomic mass is 16.5. The molecule has 1 aromatic heterocycles. The number of likely N-dealkylation sites (tertiary alicyclic amines) is 2. The summed E-state index contributed by atoms with van der Waals surface area (Å²) >= 11 is 0. The highest BCUT2D eigenvalue weighted by Gasteiger charge is 2.53. The minimum Gasteiger partial charge on any atom is -0.394 e. The van der Waals surface area contributed by atoms with Gasteiger partial charge in [0, 0.05) is 38.5 Å². The molecule has 0 saturated carbocycles. The zero-order valence-electron chi connectivity index (χ0n) is 14.5. The van der Waals surface area contributed by atoms with Crippen LogP contribution in [-0.4, -0.2) is 63.2 Å². The largest absolute Gasteiger partial charge is 0.394 e. The Morgan fingerprint density at radius 2 is 2.25 bits per heavy atom. The van der Waals surface area contributed by atoms with E-state index in [0.29, 0.717) is 37.4 Å². The van der Waals surface area contributed by atoms with Crippen molar-refractivity contribution in [3.63, 3.8) is 0 Å². The number of fused-ring (bicyclic) bond motifs is 1. The number of nitrogens with zero attached hydrogens (tertiary/aromatic N) is 3. The van der Waals surface area contributed by atoms with E-state index in [-0.39, 0.29) is 30.4 Å². The third kappa shape index (κ3) is 2.70. The Kier molecular flexibility index (Phi) is 4.38. The molecule has 2 aliphatic rings. The molecule has 1 aromatic rings. The number of hydrogen-bond acceptors (Lipinski definition) is 5. The summed E-state index contributed by atoms with van der Waals surface area (Å²) in [4.78, 5) is 28.3. The van der Waals surface area contributed by atoms with Gasteiger partial charge in [-0.25, -0.2) is 0 Å². The van der Waals surface area contributed by atoms with E-state index in [4.69, 9.17) is 4.52 Å². The number of hydrogen-bond donors (Lipinski definition) is 1. The van der Waals surface area contributed by atoms with Gasteiger partial charge in [0.1, 0.15) is 5.76 Å². The highest BCUT2D eigenvalue weighted by Crippen LogP contribution is 2.42. The minimum absolute atomic E-state index is 0.0204. The standard InChI is InChI=1S/C17H25N3O4/c1-4-13-7-14(18-24-13)16(23)20-15-5-6-19(11(2)22)9-12(15)8-17(20,3)10-21/h7,12,15,21H,4-6,8-10H2,1-3H3/t12-,15-,17+/m0/s1. The Hall–Kier alpha value is -1.89. The van der Waals surface area contributed by atoms with Crippen LogP contribution in [0.3, 0.4) is 0 Å². The maximum Gasteiger partial charge on any atom is 0.276 e. The molecule has 0 bridgehead atoms. The summed E-state index contributed by atoms with van der Waals surface area (Å²) in [5, 5.41) is 13.8. The topological polar surface area (TPSA) is 86.9 Å². The number of aliphatic hydroxyl groups excluding tert-OH is 1. The molecule has 2 amide bonds. The molecule has 7 heteroatoms. The summed E-state index contributed by atoms with van der Waals surface area (Å²) in [6.45, 7) is 6.59. The van der Waals surface area contributed by atoms with Crippen molar-refractivity contribution in [2.24, 2.45) is 5.92 Å². The molecule has 7 nitrogen and oxygen atoms in total. The SMILES string of the molecule is CCc1cc(C(=O)N2[C@H]3CCN(C(C)=O)C[C@@H]3C[C@]2(C)CO)no1. The molecule has 2 fully saturated rings. The molecule has 3 atom stereocenters. The summed E-state index contributed by atoms with van der Waals surface area (Å²) in [6, 6.07) is 1.70. The van der Waals surface area contributed by atoms with E-state index in [1.807, 2.05) is 18.7 Å². The van der Waals surface area contributed by atoms with Crippen molar-refractivity contribution in [1.29, 1.82) is 0 Å². The van der Waals surface area contributed by atoms with E-state index >= 15 is 0 Å². The van der Waals surface area contributed by atoms with Crippen LogP contribution < -0.4 is 0 Å². The van der Waals surface area contributed by atoms with Gasteiger partial charge in [-0.2, -0.15) is 0 Å². The maximum absolute atomic E-state index is 13.0. The van der Waals surface area contributed by atoms with E-state index in [0.717, 1.165) is 6.42 Å². The Labute approximate surface area is 141 Å². The van der Waals surface area contributed by atoms with Crippen molar-refractivity contribution in [3.8, 4) is 0 Å². The normalized spacial score (nSPS) is 29.7. The van der Waals surface area contributed by atoms with Crippen LogP contribution in [0, 0.1) is 5.92 Å². The number of carbonyl (C=O) groups is 2. The molecular weight excluding hydrogens is 310 g/mol. The third-order valence-corrected chi connectivity index (χ3v) is 5.44. The Morgan fingerprint density at radius 3 is 2.83 bits per heavy atom. The van der Waals surface area contributed by atoms with Crippen LogP contribution in [0.1, 0.15) is 49.9 Å². The van der Waals surface area contributed by atoms with E-state index < -0.39 is 5.54 Å². The van der Waals surface area contributed by atoms with Crippen molar-refractivity contribution >= 4 is 11.8 Å². The Bertz CT molecular complexity index is 644. The van der Waals surface area contributed by atoms with Crippen molar-refractivity contribution in [2.75, 3.05) is 19.7 Å². The van der Waals surface area contributed by atoms with Gasteiger partial charge in [-0.3, -0.25) is 9.59 Å². The quantitative estimate of drug-likeness (QED) is 0.893. The predicted molar refractivity (Wildman–Crippen MR) is 86.3 cm³/mol. The van der Waals surface area contributed by atoms with E-state index in [1.54, 1.807) is 17.9 Å². The molecule has 2 aliphatic heterocycles. The Balaban J connectivity index is 1.87. The molecule has 0 unspecified atom stereocenters. The smallest absolute Gasteiger partial charge is 0.276 e. The number of aromatic nitrogens is 1. The van der Waals surface area contributed by atoms with Gasteiger partial charge in [-0.05, 0) is 25.7 Å². The van der Waals surface area contributed by atoms with Crippen LogP contribution in [0.4, 0.5) is 0 Å². The van der Waals surface area contributed by atoms with Crippen LogP contribution in [0.25, 0.3) is 0 Å². The zero-order chi connectivity index (χ0) is 17.5. The van der Waals surface area contributed by atoms with Crippen molar-refractivity contribution in [3.05, 3.63) is 17.5 Å². The lowest BCUT2D eigenvalue weighted by Crippen LogP contribution is -2.54. The van der Waals surface area contributed by atoms with Crippen LogP contribution in [0.2, 0.25) is 0 Å². The lowest BCUT2D eigenvalue weighted by molar-refractivity contribution is -0.130. The molecule has 3 rings (SSSR count). The van der Waals surface area contributed by atoms with Gasteiger partial charge in [-0.1, -0.05) is 12.1 Å². The number of amides is 2. The summed E-state index contributed by atoms with van der Waals surface area (Å²) in [6.07, 6.45) is 2.09. The molecule has 0 radical (unpaired) electrons. The summed E-state index contributed by atoms with van der Waals surface area (Å²) < 4.78 is 5.17. The van der Waals surface area contributed by atoms with Gasteiger partial charge in [-0.15, -0.1) is 0 Å². The first-order valence-electron chi connectivity index (χ1n) is 8.55. The summed E-state index contributed by atoms with van der Waals surface area (Å²) in [5.74, 6) is 0.722. The van der Waals surface area contributed by atoms with Crippen molar-refractivity contribution < 1.29 is 19.2 Å². The molecule has 132 valence electrons. The number of aliphatic hydroxyl groups is 1. The van der Waals surface area contributed by atoms with E-state index in [2.05, 4.69) is 5.16 Å². The van der Waals surface area contributed by atoms with Crippen LogP contribution in [0.15, 0.2) is 10.6 Å². The molecule has 0 aromatic carbocycles. The monoisotopic (exact) mass is 335 g/mol. The first-order valence-corrected chi connectivity index (χ1v) is 8.55. The fourth-order valence-corrected chi connectivity index (χ4v) is 4.15. The Morgan fingerprint density at radius 1 is 1.50 bits per heavy atom. The lowest BCUT2D eigenvalue weighted by atomic mass is 9.89. The molecule has 2 saturated heterocycles. The summed E-state index contributed by atoms with van der Waals surface area (Å²) in [5.41, 5.74) is -0.342. The molecular formula is C17H25N3O4. The van der Waals surface area contributed by atoms with E-state index in [1.165, 1.54) is 0 Å². The first-order chi connectivity index (χ1) is 11.4. The van der Waals surface area contributed by atoms with Crippen LogP contribution in [-0.2, 0) is 11.2 Å². The van der Waals surface area contributed by atoms with Gasteiger partial charge in [0.15, 0.2) is 5.69 Å². The average molecular weight is 335 g/mol. The van der Waals surface area contributed by atoms with Gasteiger partial charge < -0.3 is 19.4 Å². The van der Waals surface area contributed by atoms with Crippen molar-refractivity contribution in [1.82, 2.24) is 15.0 Å². The molecule has 24 heavy (non-hydrogen) atoms. The fraction of sp³-hybridized carbons (Fsp3) is 0.706. The maximum atomic E-state index is 13.0. The number of piperidine rings is 1. The predicted octanol–water partition coefficient (Wildman–Crippen LogP) is 1.07. The van der Waals surface area contributed by atoms with Crippen molar-refractivity contribution in [2.45, 2.75) is 51.6 Å². The number of aryl methyl sites for hydroxylation is 1. The minimum atomic E-state index is -0.634. The molecule has 3 heterocycles. The fourth-order valence-electron chi connectivity index (χ4n) is 4.15. The van der Waals surface area contributed by atoms with E-state index in [9.17, 15) is 14.7 Å². The average Bonchev–Trinajstić information content (AvgIpc) is 3.15. The van der Waals surface area contributed by atoms with Gasteiger partial charge in [0.25, 0.3) is 5.91 Å². The van der Waals surface area contributed by atoms with Gasteiger partial charge >= 0.3 is 0 Å². The lowest BCUT2D eigenvalue weighted by Gasteiger charge is -2.40. The second-order valence-corrected chi connectivity index (χ2v) is 7.15. The number of carbonyl (C=O) groups excluding carboxylic acids is 2. The van der Waals surface area contributed by atoms with Gasteiger partial charge in [0.2, 0.25) is 5.91 Å². The van der Waals surface area contributed by atoms with Gasteiger partial charge in [0.05, 0.1) is 12.1 Å². The highest BCUT2D eigenvalue weighted by molar-refractivity contribution is 5.93.